The van der Waals surface area contributed by atoms with Crippen molar-refractivity contribution in [3.8, 4) is 68.1 Å². The number of rotatable bonds is 6. The van der Waals surface area contributed by atoms with Gasteiger partial charge in [0.05, 0.1) is 22.8 Å². The Balaban J connectivity index is 1.53. The van der Waals surface area contributed by atoms with Gasteiger partial charge in [0.2, 0.25) is 11.8 Å². The van der Waals surface area contributed by atoms with E-state index in [1.165, 1.54) is 0 Å². The highest BCUT2D eigenvalue weighted by atomic mass is 16.2. The first-order chi connectivity index (χ1) is 24.9. The lowest BCUT2D eigenvalue weighted by atomic mass is 9.94. The summed E-state index contributed by atoms with van der Waals surface area (Å²) in [5, 5.41) is 0. The number of hydrogen-bond donors (Lipinski definition) is 0. The Morgan fingerprint density at radius 2 is 0.712 bits per heavy atom. The summed E-state index contributed by atoms with van der Waals surface area (Å²) in [6.07, 6.45) is 0. The maximum Gasteiger partial charge on any atom is 0.238 e. The molecular weight excluding hydrogens is 643 g/mol. The second kappa shape index (κ2) is 13.5. The van der Waals surface area contributed by atoms with Crippen LogP contribution in [0.25, 0.3) is 68.1 Å². The molecule has 0 unspecified atom stereocenters. The van der Waals surface area contributed by atoms with Crippen LogP contribution in [0, 0.1) is 10.8 Å². The van der Waals surface area contributed by atoms with Crippen LogP contribution in [0.5, 0.6) is 0 Å². The Hall–Kier alpha value is -6.21. The van der Waals surface area contributed by atoms with E-state index < -0.39 is 10.8 Å². The summed E-state index contributed by atoms with van der Waals surface area (Å²) in [5.74, 6) is 0.577. The number of aromatic nitrogens is 5. The van der Waals surface area contributed by atoms with Gasteiger partial charge in [0.15, 0.2) is 11.6 Å². The third kappa shape index (κ3) is 6.42. The van der Waals surface area contributed by atoms with Gasteiger partial charge in [0, 0.05) is 33.1 Å². The summed E-state index contributed by atoms with van der Waals surface area (Å²) in [6.45, 7) is 11.4. The molecule has 258 valence electrons. The lowest BCUT2D eigenvalue weighted by Gasteiger charge is -2.21. The Morgan fingerprint density at radius 3 is 1.02 bits per heavy atom. The molecule has 0 radical (unpaired) electrons. The maximum absolute atomic E-state index is 14.5. The molecule has 3 heterocycles. The van der Waals surface area contributed by atoms with Gasteiger partial charge >= 0.3 is 0 Å². The molecule has 0 N–H and O–H groups in total. The third-order valence-electron chi connectivity index (χ3n) is 8.84. The van der Waals surface area contributed by atoms with E-state index in [-0.39, 0.29) is 11.8 Å². The maximum atomic E-state index is 14.5. The minimum Gasteiger partial charge on any atom is -0.273 e. The van der Waals surface area contributed by atoms with Crippen molar-refractivity contribution in [1.82, 2.24) is 24.1 Å². The zero-order valence-electron chi connectivity index (χ0n) is 30.3. The van der Waals surface area contributed by atoms with E-state index in [9.17, 15) is 9.59 Å². The highest BCUT2D eigenvalue weighted by Crippen LogP contribution is 2.40. The van der Waals surface area contributed by atoms with Gasteiger partial charge in [-0.05, 0) is 12.1 Å². The smallest absolute Gasteiger partial charge is 0.238 e. The summed E-state index contributed by atoms with van der Waals surface area (Å²) in [4.78, 5) is 44.6. The van der Waals surface area contributed by atoms with Crippen LogP contribution in [-0.2, 0) is 0 Å². The minimum absolute atomic E-state index is 0.120. The summed E-state index contributed by atoms with van der Waals surface area (Å²) in [7, 11) is 0. The fourth-order valence-electron chi connectivity index (χ4n) is 6.25. The van der Waals surface area contributed by atoms with Gasteiger partial charge in [0.25, 0.3) is 0 Å². The summed E-state index contributed by atoms with van der Waals surface area (Å²) < 4.78 is 3.42. The van der Waals surface area contributed by atoms with Gasteiger partial charge in [-0.25, -0.2) is 15.0 Å². The molecule has 0 aliphatic heterocycles. The molecule has 0 atom stereocenters. The van der Waals surface area contributed by atoms with Gasteiger partial charge < -0.3 is 0 Å². The summed E-state index contributed by atoms with van der Waals surface area (Å²) >= 11 is 0. The first-order valence-electron chi connectivity index (χ1n) is 17.5. The standard InChI is InChI=1S/C45H41N5O2/c1-44(2,3)42(51)49-38(32-24-15-9-16-25-32)36(30-20-11-7-12-21-30)47-40(49)34-28-19-29-35(46-34)41-48-37(31-22-13-8-14-23-31)39(33-26-17-10-18-27-33)50(41)43(52)45(4,5)6/h7-29H,1-6H3. The van der Waals surface area contributed by atoms with E-state index in [1.54, 1.807) is 9.13 Å². The lowest BCUT2D eigenvalue weighted by molar-refractivity contribution is 0.0765. The van der Waals surface area contributed by atoms with E-state index >= 15 is 0 Å². The number of carbonyl (C=O) groups is 2. The van der Waals surface area contributed by atoms with Gasteiger partial charge in [-0.1, -0.05) is 169 Å². The zero-order valence-corrected chi connectivity index (χ0v) is 30.3. The van der Waals surface area contributed by atoms with Crippen molar-refractivity contribution >= 4 is 11.8 Å². The monoisotopic (exact) mass is 683 g/mol. The van der Waals surface area contributed by atoms with Gasteiger partial charge in [-0.2, -0.15) is 0 Å². The molecule has 4 aromatic carbocycles. The molecule has 0 bridgehead atoms. The van der Waals surface area contributed by atoms with Crippen molar-refractivity contribution in [2.75, 3.05) is 0 Å². The van der Waals surface area contributed by atoms with E-state index in [4.69, 9.17) is 15.0 Å². The fourth-order valence-corrected chi connectivity index (χ4v) is 6.25. The van der Waals surface area contributed by atoms with Gasteiger partial charge in [0.1, 0.15) is 11.4 Å². The predicted octanol–water partition coefficient (Wildman–Crippen LogP) is 10.8. The van der Waals surface area contributed by atoms with Gasteiger partial charge in [-0.15, -0.1) is 0 Å². The molecule has 0 amide bonds. The summed E-state index contributed by atoms with van der Waals surface area (Å²) in [6, 6.07) is 45.1. The fraction of sp³-hybridized carbons (Fsp3) is 0.178. The number of benzene rings is 4. The van der Waals surface area contributed by atoms with Crippen LogP contribution in [0.4, 0.5) is 0 Å². The Labute approximate surface area is 304 Å². The molecule has 7 nitrogen and oxygen atoms in total. The van der Waals surface area contributed by atoms with Crippen molar-refractivity contribution < 1.29 is 9.59 Å². The van der Waals surface area contributed by atoms with Crippen LogP contribution < -0.4 is 0 Å². The molecule has 7 aromatic rings. The summed E-state index contributed by atoms with van der Waals surface area (Å²) in [5.41, 5.74) is 5.69. The second-order valence-electron chi connectivity index (χ2n) is 14.9. The average molecular weight is 684 g/mol. The number of hydrogen-bond acceptors (Lipinski definition) is 5. The zero-order chi connectivity index (χ0) is 36.6. The van der Waals surface area contributed by atoms with Gasteiger partial charge in [-0.3, -0.25) is 18.7 Å². The normalized spacial score (nSPS) is 11.8. The van der Waals surface area contributed by atoms with Crippen molar-refractivity contribution in [2.24, 2.45) is 10.8 Å². The molecule has 0 saturated heterocycles. The SMILES string of the molecule is CC(C)(C)C(=O)n1c(-c2cccc(-c3nc(-c4ccccc4)c(-c4ccccc4)n3C(=O)C(C)(C)C)n2)nc(-c2ccccc2)c1-c1ccccc1. The topological polar surface area (TPSA) is 82.7 Å². The predicted molar refractivity (Wildman–Crippen MR) is 209 cm³/mol. The molecule has 0 saturated carbocycles. The molecule has 0 aliphatic carbocycles. The molecule has 7 heteroatoms. The van der Waals surface area contributed by atoms with Crippen LogP contribution in [0.2, 0.25) is 0 Å². The van der Waals surface area contributed by atoms with Crippen molar-refractivity contribution in [3.05, 3.63) is 140 Å². The van der Waals surface area contributed by atoms with Crippen molar-refractivity contribution in [1.29, 1.82) is 0 Å². The molecular formula is C45H41N5O2. The molecule has 0 fully saturated rings. The minimum atomic E-state index is -0.741. The number of imidazole rings is 2. The average Bonchev–Trinajstić information content (AvgIpc) is 3.75. The number of nitrogens with zero attached hydrogens (tertiary/aromatic N) is 5. The molecule has 7 rings (SSSR count). The second-order valence-corrected chi connectivity index (χ2v) is 14.9. The Kier molecular flexibility index (Phi) is 8.89. The van der Waals surface area contributed by atoms with Crippen LogP contribution in [0.15, 0.2) is 140 Å². The van der Waals surface area contributed by atoms with E-state index in [0.717, 1.165) is 22.3 Å². The lowest BCUT2D eigenvalue weighted by Crippen LogP contribution is -2.28. The molecule has 52 heavy (non-hydrogen) atoms. The molecule has 3 aromatic heterocycles. The Bertz CT molecular complexity index is 2210. The van der Waals surface area contributed by atoms with E-state index in [0.29, 0.717) is 45.8 Å². The van der Waals surface area contributed by atoms with Crippen molar-refractivity contribution in [3.63, 3.8) is 0 Å². The van der Waals surface area contributed by atoms with Crippen LogP contribution >= 0.6 is 0 Å². The van der Waals surface area contributed by atoms with Crippen LogP contribution in [0.1, 0.15) is 51.1 Å². The molecule has 0 aliphatic rings. The van der Waals surface area contributed by atoms with Crippen LogP contribution in [0.3, 0.4) is 0 Å². The van der Waals surface area contributed by atoms with Crippen LogP contribution in [-0.4, -0.2) is 35.9 Å². The Morgan fingerprint density at radius 1 is 0.404 bits per heavy atom. The number of carbonyl (C=O) groups excluding carboxylic acids is 2. The van der Waals surface area contributed by atoms with Crippen molar-refractivity contribution in [2.45, 2.75) is 41.5 Å². The molecule has 0 spiro atoms. The number of pyridine rings is 1. The highest BCUT2D eigenvalue weighted by Gasteiger charge is 2.34. The van der Waals surface area contributed by atoms with E-state index in [1.807, 2.05) is 181 Å². The quantitative estimate of drug-likeness (QED) is 0.174. The largest absolute Gasteiger partial charge is 0.273 e. The first-order valence-corrected chi connectivity index (χ1v) is 17.5. The highest BCUT2D eigenvalue weighted by molar-refractivity contribution is 5.97. The third-order valence-corrected chi connectivity index (χ3v) is 8.84. The first kappa shape index (κ1) is 34.2. The van der Waals surface area contributed by atoms with E-state index in [2.05, 4.69) is 0 Å².